The molecule has 0 spiro atoms. The zero-order valence-corrected chi connectivity index (χ0v) is 10.8. The third-order valence-corrected chi connectivity index (χ3v) is 2.65. The first-order chi connectivity index (χ1) is 9.81. The van der Waals surface area contributed by atoms with Gasteiger partial charge in [-0.25, -0.2) is 15.2 Å². The lowest BCUT2D eigenvalue weighted by Gasteiger charge is -2.13. The normalized spacial score (nSPS) is 11.3. The predicted molar refractivity (Wildman–Crippen MR) is 69.3 cm³/mol. The van der Waals surface area contributed by atoms with Gasteiger partial charge in [-0.1, -0.05) is 0 Å². The number of benzene rings is 1. The second-order valence-electron chi connectivity index (χ2n) is 4.19. The molecule has 0 aliphatic carbocycles. The quantitative estimate of drug-likeness (QED) is 0.461. The average molecular weight is 301 g/mol. The summed E-state index contributed by atoms with van der Waals surface area (Å²) < 4.78 is 51.5. The maximum Gasteiger partial charge on any atom is 0.416 e. The molecule has 0 fully saturated rings. The maximum atomic E-state index is 13.6. The van der Waals surface area contributed by atoms with Gasteiger partial charge in [0.1, 0.15) is 11.6 Å². The van der Waals surface area contributed by atoms with Gasteiger partial charge < -0.3 is 5.32 Å². The molecule has 21 heavy (non-hydrogen) atoms. The van der Waals surface area contributed by atoms with E-state index >= 15 is 0 Å². The number of nitrogens with two attached hydrogens (primary N) is 1. The fraction of sp³-hybridized carbons (Fsp3) is 0.167. The van der Waals surface area contributed by atoms with Crippen LogP contribution in [-0.4, -0.2) is 9.97 Å². The van der Waals surface area contributed by atoms with Crippen LogP contribution in [0.2, 0.25) is 0 Å². The summed E-state index contributed by atoms with van der Waals surface area (Å²) in [6, 6.07) is 2.08. The molecular weight excluding hydrogens is 290 g/mol. The van der Waals surface area contributed by atoms with Crippen LogP contribution in [0.4, 0.5) is 35.0 Å². The molecule has 0 radical (unpaired) electrons. The van der Waals surface area contributed by atoms with Crippen molar-refractivity contribution in [2.24, 2.45) is 5.84 Å². The minimum Gasteiger partial charge on any atom is -0.337 e. The van der Waals surface area contributed by atoms with Crippen molar-refractivity contribution >= 4 is 17.5 Å². The molecular formula is C12H11F4N5. The molecule has 5 nitrogen and oxygen atoms in total. The van der Waals surface area contributed by atoms with Crippen molar-refractivity contribution < 1.29 is 17.6 Å². The predicted octanol–water partition coefficient (Wildman–Crippen LogP) is 2.97. The molecule has 0 saturated heterocycles. The molecule has 0 unspecified atom stereocenters. The third kappa shape index (κ3) is 3.37. The van der Waals surface area contributed by atoms with Crippen molar-refractivity contribution in [3.05, 3.63) is 41.3 Å². The number of hydrazine groups is 1. The number of anilines is 3. The number of nitrogen functional groups attached to an aromatic ring is 1. The number of aromatic nitrogens is 2. The molecule has 4 N–H and O–H groups in total. The molecule has 0 aliphatic rings. The van der Waals surface area contributed by atoms with Gasteiger partial charge in [0.2, 0.25) is 5.95 Å². The Hall–Kier alpha value is -2.42. The van der Waals surface area contributed by atoms with E-state index in [-0.39, 0.29) is 17.5 Å². The largest absolute Gasteiger partial charge is 0.416 e. The lowest BCUT2D eigenvalue weighted by Crippen LogP contribution is -2.12. The average Bonchev–Trinajstić information content (AvgIpc) is 2.42. The van der Waals surface area contributed by atoms with Crippen molar-refractivity contribution in [3.63, 3.8) is 0 Å². The summed E-state index contributed by atoms with van der Waals surface area (Å²) in [6.45, 7) is 1.62. The van der Waals surface area contributed by atoms with Crippen molar-refractivity contribution in [3.8, 4) is 0 Å². The van der Waals surface area contributed by atoms with Crippen molar-refractivity contribution in [2.45, 2.75) is 13.1 Å². The molecule has 1 heterocycles. The highest BCUT2D eigenvalue weighted by Crippen LogP contribution is 2.32. The van der Waals surface area contributed by atoms with Gasteiger partial charge >= 0.3 is 6.18 Å². The van der Waals surface area contributed by atoms with Gasteiger partial charge in [0, 0.05) is 11.8 Å². The van der Waals surface area contributed by atoms with Crippen molar-refractivity contribution in [1.82, 2.24) is 9.97 Å². The van der Waals surface area contributed by atoms with Crippen LogP contribution in [0.15, 0.2) is 24.4 Å². The van der Waals surface area contributed by atoms with E-state index in [0.717, 1.165) is 6.07 Å². The molecule has 0 aliphatic heterocycles. The van der Waals surface area contributed by atoms with Crippen LogP contribution in [0, 0.1) is 12.7 Å². The van der Waals surface area contributed by atoms with Gasteiger partial charge in [-0.2, -0.15) is 18.2 Å². The van der Waals surface area contributed by atoms with Gasteiger partial charge in [0.05, 0.1) is 11.3 Å². The minimum atomic E-state index is -4.56. The smallest absolute Gasteiger partial charge is 0.337 e. The first-order valence-electron chi connectivity index (χ1n) is 5.75. The summed E-state index contributed by atoms with van der Waals surface area (Å²) >= 11 is 0. The Labute approximate surface area is 117 Å². The molecule has 1 aromatic heterocycles. The number of halogens is 4. The summed E-state index contributed by atoms with van der Waals surface area (Å²) in [6.07, 6.45) is -3.16. The zero-order valence-electron chi connectivity index (χ0n) is 10.8. The molecule has 112 valence electrons. The van der Waals surface area contributed by atoms with Crippen molar-refractivity contribution in [1.29, 1.82) is 0 Å². The van der Waals surface area contributed by atoms with Crippen LogP contribution in [0.1, 0.15) is 11.1 Å². The second-order valence-corrected chi connectivity index (χ2v) is 4.19. The van der Waals surface area contributed by atoms with Crippen LogP contribution >= 0.6 is 0 Å². The van der Waals surface area contributed by atoms with Gasteiger partial charge in [-0.15, -0.1) is 0 Å². The number of alkyl halides is 3. The maximum absolute atomic E-state index is 13.6. The highest BCUT2D eigenvalue weighted by molar-refractivity contribution is 5.61. The van der Waals surface area contributed by atoms with E-state index in [1.54, 1.807) is 6.92 Å². The lowest BCUT2D eigenvalue weighted by molar-refractivity contribution is -0.137. The monoisotopic (exact) mass is 301 g/mol. The van der Waals surface area contributed by atoms with Gasteiger partial charge in [0.15, 0.2) is 0 Å². The summed E-state index contributed by atoms with van der Waals surface area (Å²) in [7, 11) is 0. The fourth-order valence-corrected chi connectivity index (χ4v) is 1.56. The summed E-state index contributed by atoms with van der Waals surface area (Å²) in [5.41, 5.74) is 1.41. The number of nitrogens with one attached hydrogen (secondary N) is 2. The van der Waals surface area contributed by atoms with E-state index in [1.165, 1.54) is 6.20 Å². The molecule has 0 amide bonds. The highest BCUT2D eigenvalue weighted by atomic mass is 19.4. The summed E-state index contributed by atoms with van der Waals surface area (Å²) in [5.74, 6) is 4.52. The number of hydrogen-bond donors (Lipinski definition) is 3. The molecule has 1 aromatic carbocycles. The van der Waals surface area contributed by atoms with Crippen LogP contribution in [0.3, 0.4) is 0 Å². The summed E-state index contributed by atoms with van der Waals surface area (Å²) in [5, 5.41) is 2.51. The minimum absolute atomic E-state index is 0.0514. The molecule has 2 rings (SSSR count). The standard InChI is InChI=1S/C12H11F4N5/c1-6-5-18-11(21-17)20-10(6)19-9-4-7(12(14,15)16)2-3-8(9)13/h2-5H,17H2,1H3,(H2,18,19,20,21). The van der Waals surface area contributed by atoms with Crippen LogP contribution in [-0.2, 0) is 6.18 Å². The van der Waals surface area contributed by atoms with Crippen LogP contribution in [0.5, 0.6) is 0 Å². The molecule has 0 atom stereocenters. The van der Waals surface area contributed by atoms with E-state index in [4.69, 9.17) is 5.84 Å². The molecule has 2 aromatic rings. The Balaban J connectivity index is 2.39. The molecule has 9 heteroatoms. The highest BCUT2D eigenvalue weighted by Gasteiger charge is 2.31. The lowest BCUT2D eigenvalue weighted by atomic mass is 10.2. The van der Waals surface area contributed by atoms with E-state index in [0.29, 0.717) is 17.7 Å². The number of nitrogens with zero attached hydrogens (tertiary/aromatic N) is 2. The van der Waals surface area contributed by atoms with Crippen LogP contribution < -0.4 is 16.6 Å². The first-order valence-corrected chi connectivity index (χ1v) is 5.75. The third-order valence-electron chi connectivity index (χ3n) is 2.65. The number of rotatable bonds is 3. The van der Waals surface area contributed by atoms with E-state index < -0.39 is 17.6 Å². The van der Waals surface area contributed by atoms with E-state index in [1.807, 2.05) is 0 Å². The Bertz CT molecular complexity index is 657. The molecule has 0 saturated carbocycles. The fourth-order valence-electron chi connectivity index (χ4n) is 1.56. The van der Waals surface area contributed by atoms with Crippen LogP contribution in [0.25, 0.3) is 0 Å². The van der Waals surface area contributed by atoms with Gasteiger partial charge in [-0.3, -0.25) is 5.43 Å². The van der Waals surface area contributed by atoms with E-state index in [2.05, 4.69) is 20.7 Å². The van der Waals surface area contributed by atoms with Crippen molar-refractivity contribution in [2.75, 3.05) is 10.7 Å². The Kier molecular flexibility index (Phi) is 3.94. The molecule has 0 bridgehead atoms. The first kappa shape index (κ1) is 15.0. The van der Waals surface area contributed by atoms with E-state index in [9.17, 15) is 17.6 Å². The number of aryl methyl sites for hydroxylation is 1. The van der Waals surface area contributed by atoms with Gasteiger partial charge in [0.25, 0.3) is 0 Å². The summed E-state index contributed by atoms with van der Waals surface area (Å²) in [4.78, 5) is 7.73. The zero-order chi connectivity index (χ0) is 15.6. The van der Waals surface area contributed by atoms with Gasteiger partial charge in [-0.05, 0) is 25.1 Å². The Morgan fingerprint density at radius 2 is 1.95 bits per heavy atom. The number of hydrogen-bond acceptors (Lipinski definition) is 5. The topological polar surface area (TPSA) is 75.9 Å². The Morgan fingerprint density at radius 1 is 1.24 bits per heavy atom. The SMILES string of the molecule is Cc1cnc(NN)nc1Nc1cc(C(F)(F)F)ccc1F. The second kappa shape index (κ2) is 5.52. The Morgan fingerprint density at radius 3 is 2.57 bits per heavy atom.